The Morgan fingerprint density at radius 1 is 0.720 bits per heavy atom. The highest BCUT2D eigenvalue weighted by molar-refractivity contribution is 6.30. The van der Waals surface area contributed by atoms with Crippen molar-refractivity contribution in [3.8, 4) is 0 Å². The van der Waals surface area contributed by atoms with E-state index in [1.54, 1.807) is 11.1 Å². The highest BCUT2D eigenvalue weighted by Gasteiger charge is 2.28. The molecule has 0 heterocycles. The van der Waals surface area contributed by atoms with E-state index in [1.807, 2.05) is 18.2 Å². The van der Waals surface area contributed by atoms with Gasteiger partial charge in [0.25, 0.3) is 0 Å². The second-order valence-electron chi connectivity index (χ2n) is 6.85. The van der Waals surface area contributed by atoms with Crippen molar-refractivity contribution in [2.24, 2.45) is 4.99 Å². The Morgan fingerprint density at radius 2 is 1.20 bits per heavy atom. The van der Waals surface area contributed by atoms with E-state index < -0.39 is 0 Å². The summed E-state index contributed by atoms with van der Waals surface area (Å²) in [5.41, 5.74) is 8.40. The van der Waals surface area contributed by atoms with E-state index in [0.29, 0.717) is 0 Å². The van der Waals surface area contributed by atoms with Crippen LogP contribution in [-0.2, 0) is 0 Å². The third-order valence-corrected chi connectivity index (χ3v) is 4.95. The van der Waals surface area contributed by atoms with Gasteiger partial charge in [-0.15, -0.1) is 0 Å². The van der Waals surface area contributed by atoms with Crippen molar-refractivity contribution in [2.75, 3.05) is 0 Å². The minimum atomic E-state index is 0.754. The summed E-state index contributed by atoms with van der Waals surface area (Å²) >= 11 is 6.19. The number of allylic oxidation sites excluding steroid dienone is 4. The molecule has 0 fully saturated rings. The Bertz CT molecular complexity index is 645. The SMILES string of the molecule is CCCC1=C(CCC)C(CCC)=C(CCC)C1=Nc1cccc(Cl)c1. The summed E-state index contributed by atoms with van der Waals surface area (Å²) in [6.45, 7) is 9.10. The maximum Gasteiger partial charge on any atom is 0.0706 e. The number of halogens is 1. The molecule has 0 bridgehead atoms. The monoisotopic (exact) mass is 357 g/mol. The van der Waals surface area contributed by atoms with Gasteiger partial charge in [0.05, 0.1) is 11.4 Å². The molecule has 0 N–H and O–H groups in total. The molecule has 1 aromatic carbocycles. The second kappa shape index (κ2) is 9.97. The number of hydrogen-bond donors (Lipinski definition) is 0. The summed E-state index contributed by atoms with van der Waals surface area (Å²) in [4.78, 5) is 5.10. The van der Waals surface area contributed by atoms with Gasteiger partial charge in [0.2, 0.25) is 0 Å². The second-order valence-corrected chi connectivity index (χ2v) is 7.29. The molecular formula is C23H32ClN. The van der Waals surface area contributed by atoms with Crippen molar-refractivity contribution in [2.45, 2.75) is 79.1 Å². The highest BCUT2D eigenvalue weighted by atomic mass is 35.5. The Kier molecular flexibility index (Phi) is 7.96. The predicted molar refractivity (Wildman–Crippen MR) is 112 cm³/mol. The summed E-state index contributed by atoms with van der Waals surface area (Å²) < 4.78 is 0. The standard InChI is InChI=1S/C23H32ClN/c1-5-10-19-20(11-6-2)22(13-8-4)23(21(19)12-7-3)25-18-15-9-14-17(24)16-18/h9,14-16H,5-8,10-13H2,1-4H3. The lowest BCUT2D eigenvalue weighted by Crippen LogP contribution is -2.04. The summed E-state index contributed by atoms with van der Waals surface area (Å²) in [6.07, 6.45) is 9.30. The van der Waals surface area contributed by atoms with Crippen molar-refractivity contribution in [3.05, 3.63) is 51.6 Å². The van der Waals surface area contributed by atoms with Gasteiger partial charge < -0.3 is 0 Å². The van der Waals surface area contributed by atoms with Gasteiger partial charge in [-0.25, -0.2) is 4.99 Å². The molecule has 0 saturated carbocycles. The first kappa shape index (κ1) is 20.0. The van der Waals surface area contributed by atoms with E-state index >= 15 is 0 Å². The minimum Gasteiger partial charge on any atom is -0.248 e. The lowest BCUT2D eigenvalue weighted by Gasteiger charge is -2.10. The number of rotatable bonds is 9. The largest absolute Gasteiger partial charge is 0.248 e. The molecule has 1 nitrogen and oxygen atoms in total. The lowest BCUT2D eigenvalue weighted by molar-refractivity contribution is 0.825. The predicted octanol–water partition coefficient (Wildman–Crippen LogP) is 8.22. The summed E-state index contributed by atoms with van der Waals surface area (Å²) in [5, 5.41) is 0.754. The molecule has 1 aliphatic carbocycles. The first-order valence-electron chi connectivity index (χ1n) is 9.95. The molecule has 0 radical (unpaired) electrons. The van der Waals surface area contributed by atoms with Crippen LogP contribution in [0.25, 0.3) is 0 Å². The molecule has 0 spiro atoms. The molecular weight excluding hydrogens is 326 g/mol. The van der Waals surface area contributed by atoms with Crippen LogP contribution in [0.2, 0.25) is 5.02 Å². The van der Waals surface area contributed by atoms with Crippen LogP contribution in [0.15, 0.2) is 51.6 Å². The molecule has 2 heteroatoms. The lowest BCUT2D eigenvalue weighted by atomic mass is 9.95. The van der Waals surface area contributed by atoms with Gasteiger partial charge in [-0.05, 0) is 66.2 Å². The maximum atomic E-state index is 6.19. The number of nitrogens with zero attached hydrogens (tertiary/aromatic N) is 1. The third kappa shape index (κ3) is 4.85. The van der Waals surface area contributed by atoms with Crippen LogP contribution < -0.4 is 0 Å². The van der Waals surface area contributed by atoms with Gasteiger partial charge in [-0.2, -0.15) is 0 Å². The van der Waals surface area contributed by atoms with E-state index in [4.69, 9.17) is 16.6 Å². The molecule has 1 aromatic rings. The molecule has 0 saturated heterocycles. The van der Waals surface area contributed by atoms with Crippen molar-refractivity contribution in [3.63, 3.8) is 0 Å². The zero-order valence-electron chi connectivity index (χ0n) is 16.3. The van der Waals surface area contributed by atoms with Gasteiger partial charge in [0, 0.05) is 5.02 Å². The molecule has 0 amide bonds. The normalized spacial score (nSPS) is 14.7. The van der Waals surface area contributed by atoms with Crippen LogP contribution in [0.4, 0.5) is 5.69 Å². The third-order valence-electron chi connectivity index (χ3n) is 4.71. The van der Waals surface area contributed by atoms with Crippen molar-refractivity contribution < 1.29 is 0 Å². The molecule has 136 valence electrons. The van der Waals surface area contributed by atoms with Gasteiger partial charge in [-0.1, -0.05) is 71.0 Å². The van der Waals surface area contributed by atoms with E-state index in [0.717, 1.165) is 36.4 Å². The average molecular weight is 358 g/mol. The van der Waals surface area contributed by atoms with E-state index in [2.05, 4.69) is 33.8 Å². The zero-order valence-corrected chi connectivity index (χ0v) is 17.0. The van der Waals surface area contributed by atoms with E-state index in [-0.39, 0.29) is 0 Å². The van der Waals surface area contributed by atoms with Crippen molar-refractivity contribution in [1.82, 2.24) is 0 Å². The number of aliphatic imine (C=N–C) groups is 1. The molecule has 0 aliphatic heterocycles. The summed E-state index contributed by atoms with van der Waals surface area (Å²) in [7, 11) is 0. The maximum absolute atomic E-state index is 6.19. The molecule has 25 heavy (non-hydrogen) atoms. The van der Waals surface area contributed by atoms with Gasteiger partial charge in [0.1, 0.15) is 0 Å². The molecule has 0 aromatic heterocycles. The molecule has 2 rings (SSSR count). The smallest absolute Gasteiger partial charge is 0.0706 e. The van der Waals surface area contributed by atoms with Crippen LogP contribution in [0.1, 0.15) is 79.1 Å². The fraction of sp³-hybridized carbons (Fsp3) is 0.522. The van der Waals surface area contributed by atoms with E-state index in [9.17, 15) is 0 Å². The van der Waals surface area contributed by atoms with Gasteiger partial charge in [0.15, 0.2) is 0 Å². The first-order chi connectivity index (χ1) is 12.2. The van der Waals surface area contributed by atoms with Crippen LogP contribution in [-0.4, -0.2) is 5.71 Å². The van der Waals surface area contributed by atoms with Crippen molar-refractivity contribution in [1.29, 1.82) is 0 Å². The number of benzene rings is 1. The molecule has 0 unspecified atom stereocenters. The number of hydrogen-bond acceptors (Lipinski definition) is 1. The van der Waals surface area contributed by atoms with Gasteiger partial charge in [-0.3, -0.25) is 0 Å². The van der Waals surface area contributed by atoms with Crippen LogP contribution in [0, 0.1) is 0 Å². The quantitative estimate of drug-likeness (QED) is 0.422. The van der Waals surface area contributed by atoms with Crippen LogP contribution in [0.5, 0.6) is 0 Å². The molecule has 0 atom stereocenters. The fourth-order valence-electron chi connectivity index (χ4n) is 3.78. The van der Waals surface area contributed by atoms with Crippen molar-refractivity contribution >= 4 is 23.0 Å². The minimum absolute atomic E-state index is 0.754. The van der Waals surface area contributed by atoms with E-state index in [1.165, 1.54) is 42.5 Å². The van der Waals surface area contributed by atoms with Gasteiger partial charge >= 0.3 is 0 Å². The first-order valence-corrected chi connectivity index (χ1v) is 10.3. The fourth-order valence-corrected chi connectivity index (χ4v) is 3.97. The summed E-state index contributed by atoms with van der Waals surface area (Å²) in [5.74, 6) is 0. The molecule has 1 aliphatic rings. The zero-order chi connectivity index (χ0) is 18.2. The van der Waals surface area contributed by atoms with Crippen LogP contribution >= 0.6 is 11.6 Å². The Morgan fingerprint density at radius 3 is 1.64 bits per heavy atom. The Balaban J connectivity index is 2.61. The Labute approximate surface area is 158 Å². The Hall–Kier alpha value is -1.34. The highest BCUT2D eigenvalue weighted by Crippen LogP contribution is 2.40. The summed E-state index contributed by atoms with van der Waals surface area (Å²) in [6, 6.07) is 7.93. The average Bonchev–Trinajstić information content (AvgIpc) is 2.83. The van der Waals surface area contributed by atoms with Crippen LogP contribution in [0.3, 0.4) is 0 Å². The topological polar surface area (TPSA) is 12.4 Å².